The molecule has 3 aromatic rings. The van der Waals surface area contributed by atoms with E-state index in [1.807, 2.05) is 0 Å². The Bertz CT molecular complexity index is 1110. The third-order valence-electron chi connectivity index (χ3n) is 4.89. The van der Waals surface area contributed by atoms with Crippen molar-refractivity contribution in [2.45, 2.75) is 45.7 Å². The lowest BCUT2D eigenvalue weighted by molar-refractivity contribution is -0.116. The van der Waals surface area contributed by atoms with Crippen LogP contribution in [-0.4, -0.2) is 32.8 Å². The van der Waals surface area contributed by atoms with Crippen LogP contribution in [0.25, 0.3) is 11.3 Å². The Kier molecular flexibility index (Phi) is 5.84. The Balaban J connectivity index is 1.57. The van der Waals surface area contributed by atoms with Gasteiger partial charge in [0.05, 0.1) is 12.9 Å². The number of hydrogen-bond acceptors (Lipinski definition) is 7. The van der Waals surface area contributed by atoms with Gasteiger partial charge in [0.1, 0.15) is 28.7 Å². The molecule has 9 nitrogen and oxygen atoms in total. The zero-order valence-electron chi connectivity index (χ0n) is 16.6. The Labute approximate surface area is 176 Å². The highest BCUT2D eigenvalue weighted by Crippen LogP contribution is 2.36. The van der Waals surface area contributed by atoms with E-state index >= 15 is 0 Å². The molecular weight excluding hydrogens is 408 g/mol. The summed E-state index contributed by atoms with van der Waals surface area (Å²) in [6.07, 6.45) is 5.22. The van der Waals surface area contributed by atoms with Gasteiger partial charge >= 0.3 is 11.7 Å². The lowest BCUT2D eigenvalue weighted by Crippen LogP contribution is -2.30. The SMILES string of the molecule is CCOC(=O)c1c(-c2ccco2)csc1NC(=O)Cn1nc2n(c1=O)CCCCC2. The number of nitrogens with one attached hydrogen (secondary N) is 1. The number of ether oxygens (including phenoxy) is 1. The van der Waals surface area contributed by atoms with Crippen LogP contribution in [0.4, 0.5) is 5.00 Å². The fraction of sp³-hybridized carbons (Fsp3) is 0.400. The average Bonchev–Trinajstić information content (AvgIpc) is 3.40. The van der Waals surface area contributed by atoms with Crippen LogP contribution >= 0.6 is 11.3 Å². The molecule has 0 atom stereocenters. The number of furan rings is 1. The van der Waals surface area contributed by atoms with Crippen LogP contribution in [0.2, 0.25) is 0 Å². The fourth-order valence-electron chi connectivity index (χ4n) is 3.50. The average molecular weight is 430 g/mol. The first-order chi connectivity index (χ1) is 14.6. The van der Waals surface area contributed by atoms with E-state index in [1.165, 1.54) is 22.3 Å². The Hall–Kier alpha value is -3.14. The van der Waals surface area contributed by atoms with Crippen molar-refractivity contribution in [3.8, 4) is 11.3 Å². The lowest BCUT2D eigenvalue weighted by Gasteiger charge is -2.07. The minimum Gasteiger partial charge on any atom is -0.464 e. The van der Waals surface area contributed by atoms with E-state index in [2.05, 4.69) is 10.4 Å². The van der Waals surface area contributed by atoms with Gasteiger partial charge in [-0.05, 0) is 31.9 Å². The summed E-state index contributed by atoms with van der Waals surface area (Å²) in [7, 11) is 0. The number of hydrogen-bond donors (Lipinski definition) is 1. The number of anilines is 1. The van der Waals surface area contributed by atoms with Crippen molar-refractivity contribution in [2.75, 3.05) is 11.9 Å². The summed E-state index contributed by atoms with van der Waals surface area (Å²) < 4.78 is 13.4. The fourth-order valence-corrected chi connectivity index (χ4v) is 4.45. The van der Waals surface area contributed by atoms with Gasteiger partial charge < -0.3 is 14.5 Å². The first kappa shape index (κ1) is 20.1. The Morgan fingerprint density at radius 2 is 2.20 bits per heavy atom. The van der Waals surface area contributed by atoms with Gasteiger partial charge in [-0.2, -0.15) is 5.10 Å². The zero-order valence-corrected chi connectivity index (χ0v) is 17.4. The number of amides is 1. The quantitative estimate of drug-likeness (QED) is 0.603. The molecule has 1 aliphatic rings. The van der Waals surface area contributed by atoms with Gasteiger partial charge in [0.15, 0.2) is 0 Å². The van der Waals surface area contributed by atoms with Crippen molar-refractivity contribution < 1.29 is 18.7 Å². The molecule has 10 heteroatoms. The van der Waals surface area contributed by atoms with E-state index in [4.69, 9.17) is 9.15 Å². The molecule has 1 N–H and O–H groups in total. The van der Waals surface area contributed by atoms with Crippen LogP contribution in [0.3, 0.4) is 0 Å². The van der Waals surface area contributed by atoms with E-state index in [0.29, 0.717) is 28.7 Å². The van der Waals surface area contributed by atoms with E-state index in [1.54, 1.807) is 29.0 Å². The number of rotatable bonds is 6. The maximum absolute atomic E-state index is 12.7. The maximum atomic E-state index is 12.7. The van der Waals surface area contributed by atoms with E-state index < -0.39 is 11.9 Å². The van der Waals surface area contributed by atoms with Crippen LogP contribution in [0.15, 0.2) is 33.0 Å². The van der Waals surface area contributed by atoms with Crippen LogP contribution < -0.4 is 11.0 Å². The van der Waals surface area contributed by atoms with Gasteiger partial charge in [-0.25, -0.2) is 14.3 Å². The van der Waals surface area contributed by atoms with E-state index in [0.717, 1.165) is 25.7 Å². The number of fused-ring (bicyclic) bond motifs is 1. The lowest BCUT2D eigenvalue weighted by atomic mass is 10.1. The molecule has 30 heavy (non-hydrogen) atoms. The van der Waals surface area contributed by atoms with Crippen molar-refractivity contribution >= 4 is 28.2 Å². The van der Waals surface area contributed by atoms with Gasteiger partial charge in [-0.15, -0.1) is 11.3 Å². The molecule has 0 aliphatic carbocycles. The molecule has 0 saturated carbocycles. The van der Waals surface area contributed by atoms with Crippen molar-refractivity contribution in [3.05, 3.63) is 45.6 Å². The van der Waals surface area contributed by atoms with Crippen molar-refractivity contribution in [2.24, 2.45) is 0 Å². The van der Waals surface area contributed by atoms with Crippen LogP contribution in [-0.2, 0) is 29.0 Å². The minimum atomic E-state index is -0.550. The Morgan fingerprint density at radius 3 is 2.97 bits per heavy atom. The van der Waals surface area contributed by atoms with Gasteiger partial charge in [-0.1, -0.05) is 6.42 Å². The first-order valence-electron chi connectivity index (χ1n) is 9.87. The molecule has 0 bridgehead atoms. The highest BCUT2D eigenvalue weighted by atomic mass is 32.1. The number of carbonyl (C=O) groups is 2. The molecule has 0 radical (unpaired) electrons. The number of esters is 1. The van der Waals surface area contributed by atoms with Gasteiger partial charge in [0.25, 0.3) is 0 Å². The van der Waals surface area contributed by atoms with E-state index in [-0.39, 0.29) is 24.4 Å². The Morgan fingerprint density at radius 1 is 1.33 bits per heavy atom. The normalized spacial score (nSPS) is 13.5. The van der Waals surface area contributed by atoms with Gasteiger partial charge in [0.2, 0.25) is 5.91 Å². The second kappa shape index (κ2) is 8.70. The molecule has 1 aliphatic heterocycles. The third-order valence-corrected chi connectivity index (χ3v) is 5.78. The molecule has 3 aromatic heterocycles. The minimum absolute atomic E-state index is 0.204. The summed E-state index contributed by atoms with van der Waals surface area (Å²) in [6.45, 7) is 2.31. The predicted molar refractivity (Wildman–Crippen MR) is 111 cm³/mol. The summed E-state index contributed by atoms with van der Waals surface area (Å²) in [5, 5.41) is 9.13. The molecule has 158 valence electrons. The third kappa shape index (κ3) is 3.95. The van der Waals surface area contributed by atoms with Crippen LogP contribution in [0, 0.1) is 0 Å². The largest absolute Gasteiger partial charge is 0.464 e. The summed E-state index contributed by atoms with van der Waals surface area (Å²) in [6, 6.07) is 3.45. The zero-order chi connectivity index (χ0) is 21.1. The van der Waals surface area contributed by atoms with Crippen molar-refractivity contribution in [1.29, 1.82) is 0 Å². The standard InChI is InChI=1S/C20H22N4O5S/c1-2-28-19(26)17-13(14-7-6-10-29-14)12-30-18(17)21-16(25)11-24-20(27)23-9-5-3-4-8-15(23)22-24/h6-7,10,12H,2-5,8-9,11H2,1H3,(H,21,25). The number of thiophene rings is 1. The summed E-state index contributed by atoms with van der Waals surface area (Å²) in [5.74, 6) is 0.229. The predicted octanol–water partition coefficient (Wildman–Crippen LogP) is 2.91. The molecule has 0 saturated heterocycles. The first-order valence-corrected chi connectivity index (χ1v) is 10.7. The second-order valence-electron chi connectivity index (χ2n) is 6.92. The monoisotopic (exact) mass is 430 g/mol. The molecule has 1 amide bonds. The van der Waals surface area contributed by atoms with Crippen molar-refractivity contribution in [3.63, 3.8) is 0 Å². The highest BCUT2D eigenvalue weighted by molar-refractivity contribution is 7.15. The number of carbonyl (C=O) groups excluding carboxylic acids is 2. The number of aromatic nitrogens is 3. The molecule has 0 aromatic carbocycles. The van der Waals surface area contributed by atoms with Gasteiger partial charge in [-0.3, -0.25) is 9.36 Å². The second-order valence-corrected chi connectivity index (χ2v) is 7.80. The summed E-state index contributed by atoms with van der Waals surface area (Å²) >= 11 is 1.20. The molecule has 4 heterocycles. The van der Waals surface area contributed by atoms with Crippen LogP contribution in [0.1, 0.15) is 42.4 Å². The molecule has 0 unspecified atom stereocenters. The molecule has 0 fully saturated rings. The highest BCUT2D eigenvalue weighted by Gasteiger charge is 2.25. The van der Waals surface area contributed by atoms with Crippen molar-refractivity contribution in [1.82, 2.24) is 14.3 Å². The summed E-state index contributed by atoms with van der Waals surface area (Å²) in [4.78, 5) is 37.8. The molecule has 4 rings (SSSR count). The topological polar surface area (TPSA) is 108 Å². The number of nitrogens with zero attached hydrogens (tertiary/aromatic N) is 3. The smallest absolute Gasteiger partial charge is 0.346 e. The molecular formula is C20H22N4O5S. The van der Waals surface area contributed by atoms with Gasteiger partial charge in [0, 0.05) is 23.9 Å². The molecule has 0 spiro atoms. The van der Waals surface area contributed by atoms with Crippen LogP contribution in [0.5, 0.6) is 0 Å². The summed E-state index contributed by atoms with van der Waals surface area (Å²) in [5.41, 5.74) is 0.498. The van der Waals surface area contributed by atoms with E-state index in [9.17, 15) is 14.4 Å². The number of aryl methyl sites for hydroxylation is 1. The maximum Gasteiger partial charge on any atom is 0.346 e.